The lowest BCUT2D eigenvalue weighted by Gasteiger charge is -2.37. The normalized spacial score (nSPS) is 18.4. The van der Waals surface area contributed by atoms with Crippen LogP contribution in [0, 0.1) is 5.41 Å². The smallest absolute Gasteiger partial charge is 0.104 e. The highest BCUT2D eigenvalue weighted by Crippen LogP contribution is 2.27. The van der Waals surface area contributed by atoms with Gasteiger partial charge >= 0.3 is 0 Å². The predicted octanol–water partition coefficient (Wildman–Crippen LogP) is 4.55. The summed E-state index contributed by atoms with van der Waals surface area (Å²) in [5, 5.41) is 11.3. The first-order valence-electron chi connectivity index (χ1n) is 12.2. The Morgan fingerprint density at radius 1 is 1.00 bits per heavy atom. The van der Waals surface area contributed by atoms with E-state index < -0.39 is 0 Å². The van der Waals surface area contributed by atoms with Gasteiger partial charge in [-0.25, -0.2) is 0 Å². The second-order valence-electron chi connectivity index (χ2n) is 11.0. The van der Waals surface area contributed by atoms with Crippen LogP contribution in [0.3, 0.4) is 0 Å². The van der Waals surface area contributed by atoms with Crippen molar-refractivity contribution in [3.05, 3.63) is 71.3 Å². The molecule has 0 saturated carbocycles. The van der Waals surface area contributed by atoms with Gasteiger partial charge in [0.25, 0.3) is 0 Å². The molecule has 1 saturated heterocycles. The van der Waals surface area contributed by atoms with E-state index in [0.717, 1.165) is 45.6 Å². The van der Waals surface area contributed by atoms with Gasteiger partial charge in [-0.3, -0.25) is 9.74 Å². The summed E-state index contributed by atoms with van der Waals surface area (Å²) < 4.78 is 0. The molecule has 5 heteroatoms. The maximum absolute atomic E-state index is 9.35. The minimum Gasteiger partial charge on any atom is -0.394 e. The van der Waals surface area contributed by atoms with E-state index in [4.69, 9.17) is 4.84 Å². The van der Waals surface area contributed by atoms with E-state index in [1.54, 1.807) is 0 Å². The Bertz CT molecular complexity index is 835. The molecule has 2 atom stereocenters. The van der Waals surface area contributed by atoms with Gasteiger partial charge in [0.05, 0.1) is 6.61 Å². The van der Waals surface area contributed by atoms with Crippen LogP contribution in [0.2, 0.25) is 0 Å². The van der Waals surface area contributed by atoms with E-state index in [0.29, 0.717) is 6.04 Å². The van der Waals surface area contributed by atoms with Crippen molar-refractivity contribution >= 4 is 0 Å². The van der Waals surface area contributed by atoms with Crippen molar-refractivity contribution < 1.29 is 9.94 Å². The topological polar surface area (TPSA) is 39.2 Å². The van der Waals surface area contributed by atoms with Gasteiger partial charge in [0.1, 0.15) is 6.10 Å². The highest BCUT2D eigenvalue weighted by atomic mass is 16.7. The number of rotatable bonds is 11. The number of likely N-dealkylation sites (N-methyl/N-ethyl adjacent to an activating group) is 1. The quantitative estimate of drug-likeness (QED) is 0.540. The van der Waals surface area contributed by atoms with Crippen molar-refractivity contribution in [1.29, 1.82) is 0 Å². The summed E-state index contributed by atoms with van der Waals surface area (Å²) in [5.41, 5.74) is 4.20. The van der Waals surface area contributed by atoms with E-state index in [2.05, 4.69) is 99.3 Å². The second-order valence-corrected chi connectivity index (χ2v) is 11.0. The Kier molecular flexibility index (Phi) is 9.47. The number of benzene rings is 2. The average molecular weight is 454 g/mol. The predicted molar refractivity (Wildman–Crippen MR) is 136 cm³/mol. The molecule has 2 aromatic carbocycles. The zero-order valence-corrected chi connectivity index (χ0v) is 21.2. The van der Waals surface area contributed by atoms with Crippen LogP contribution in [0.4, 0.5) is 0 Å². The molecule has 182 valence electrons. The maximum atomic E-state index is 9.35. The SMILES string of the molecule is CN(C)C[C@H](CC(C)(C)C)N(Cc1ccccc1)Cc1cccc(CN2CC[C@H](CO)O2)c1. The third kappa shape index (κ3) is 8.84. The third-order valence-electron chi connectivity index (χ3n) is 6.11. The van der Waals surface area contributed by atoms with E-state index in [-0.39, 0.29) is 18.1 Å². The number of nitrogens with zero attached hydrogens (tertiary/aromatic N) is 3. The first kappa shape index (κ1) is 25.9. The van der Waals surface area contributed by atoms with Gasteiger partial charge in [0.2, 0.25) is 0 Å². The van der Waals surface area contributed by atoms with Crippen LogP contribution in [-0.2, 0) is 24.5 Å². The lowest BCUT2D eigenvalue weighted by Crippen LogP contribution is -2.43. The molecule has 0 unspecified atom stereocenters. The van der Waals surface area contributed by atoms with Gasteiger partial charge in [-0.2, -0.15) is 5.06 Å². The Morgan fingerprint density at radius 2 is 1.67 bits per heavy atom. The van der Waals surface area contributed by atoms with Crippen molar-refractivity contribution in [1.82, 2.24) is 14.9 Å². The zero-order chi connectivity index (χ0) is 23.8. The van der Waals surface area contributed by atoms with Gasteiger partial charge in [-0.05, 0) is 49.0 Å². The molecule has 3 rings (SSSR count). The number of aliphatic hydroxyl groups excluding tert-OH is 1. The van der Waals surface area contributed by atoms with Gasteiger partial charge in [-0.15, -0.1) is 0 Å². The molecule has 1 aliphatic rings. The zero-order valence-electron chi connectivity index (χ0n) is 21.2. The summed E-state index contributed by atoms with van der Waals surface area (Å²) in [6, 6.07) is 20.2. The minimum atomic E-state index is -0.0567. The van der Waals surface area contributed by atoms with Crippen molar-refractivity contribution in [3.63, 3.8) is 0 Å². The molecular formula is C28H43N3O2. The van der Waals surface area contributed by atoms with Crippen LogP contribution in [0.5, 0.6) is 0 Å². The van der Waals surface area contributed by atoms with Crippen LogP contribution < -0.4 is 0 Å². The summed E-state index contributed by atoms with van der Waals surface area (Å²) in [7, 11) is 4.35. The molecule has 0 aliphatic carbocycles. The summed E-state index contributed by atoms with van der Waals surface area (Å²) in [6.45, 7) is 11.6. The Hall–Kier alpha value is -1.76. The van der Waals surface area contributed by atoms with Gasteiger partial charge < -0.3 is 10.0 Å². The molecule has 0 bridgehead atoms. The molecule has 0 spiro atoms. The molecule has 1 fully saturated rings. The maximum Gasteiger partial charge on any atom is 0.104 e. The van der Waals surface area contributed by atoms with Crippen molar-refractivity contribution in [2.24, 2.45) is 5.41 Å². The number of hydrogen-bond acceptors (Lipinski definition) is 5. The van der Waals surface area contributed by atoms with E-state index in [9.17, 15) is 5.11 Å². The molecule has 0 radical (unpaired) electrons. The largest absolute Gasteiger partial charge is 0.394 e. The summed E-state index contributed by atoms with van der Waals surface area (Å²) >= 11 is 0. The second kappa shape index (κ2) is 12.1. The minimum absolute atomic E-state index is 0.0567. The lowest BCUT2D eigenvalue weighted by molar-refractivity contribution is -0.161. The van der Waals surface area contributed by atoms with Crippen LogP contribution in [-0.4, -0.2) is 65.9 Å². The molecule has 2 aromatic rings. The van der Waals surface area contributed by atoms with Crippen LogP contribution >= 0.6 is 0 Å². The monoisotopic (exact) mass is 453 g/mol. The molecule has 0 aromatic heterocycles. The summed E-state index contributed by atoms with van der Waals surface area (Å²) in [4.78, 5) is 10.8. The molecule has 1 heterocycles. The van der Waals surface area contributed by atoms with E-state index in [1.807, 2.05) is 5.06 Å². The highest BCUT2D eigenvalue weighted by Gasteiger charge is 2.26. The van der Waals surface area contributed by atoms with E-state index in [1.165, 1.54) is 16.7 Å². The number of aliphatic hydroxyl groups is 1. The van der Waals surface area contributed by atoms with E-state index >= 15 is 0 Å². The first-order chi connectivity index (χ1) is 15.7. The number of hydrogen-bond donors (Lipinski definition) is 1. The summed E-state index contributed by atoms with van der Waals surface area (Å²) in [6.07, 6.45) is 1.97. The average Bonchev–Trinajstić information content (AvgIpc) is 3.20. The van der Waals surface area contributed by atoms with Crippen molar-refractivity contribution in [2.45, 2.75) is 65.4 Å². The van der Waals surface area contributed by atoms with Crippen LogP contribution in [0.25, 0.3) is 0 Å². The van der Waals surface area contributed by atoms with Crippen LogP contribution in [0.1, 0.15) is 50.3 Å². The lowest BCUT2D eigenvalue weighted by atomic mass is 9.87. The molecule has 1 aliphatic heterocycles. The summed E-state index contributed by atoms with van der Waals surface area (Å²) in [5.74, 6) is 0. The van der Waals surface area contributed by atoms with Crippen molar-refractivity contribution in [3.8, 4) is 0 Å². The van der Waals surface area contributed by atoms with Gasteiger partial charge in [-0.1, -0.05) is 75.4 Å². The molecule has 33 heavy (non-hydrogen) atoms. The number of hydroxylamine groups is 2. The van der Waals surface area contributed by atoms with Gasteiger partial charge in [0.15, 0.2) is 0 Å². The fourth-order valence-corrected chi connectivity index (χ4v) is 4.68. The van der Waals surface area contributed by atoms with Gasteiger partial charge in [0, 0.05) is 38.8 Å². The molecule has 5 nitrogen and oxygen atoms in total. The Balaban J connectivity index is 1.78. The Labute approximate surface area is 200 Å². The molecule has 0 amide bonds. The molecular weight excluding hydrogens is 410 g/mol. The first-order valence-corrected chi connectivity index (χ1v) is 12.2. The fraction of sp³-hybridized carbons (Fsp3) is 0.571. The standard InChI is InChI=1S/C28H43N3O2/c1-28(2,3)17-26(21-29(4)5)30(18-23-10-7-6-8-11-23)19-24-12-9-13-25(16-24)20-31-15-14-27(22-32)33-31/h6-13,16,26-27,32H,14-15,17-22H2,1-5H3/t26-,27+/m0/s1. The fourth-order valence-electron chi connectivity index (χ4n) is 4.68. The van der Waals surface area contributed by atoms with Crippen molar-refractivity contribution in [2.75, 3.05) is 33.8 Å². The van der Waals surface area contributed by atoms with Crippen LogP contribution in [0.15, 0.2) is 54.6 Å². The highest BCUT2D eigenvalue weighted by molar-refractivity contribution is 5.24. The third-order valence-corrected chi connectivity index (χ3v) is 6.11. The molecule has 1 N–H and O–H groups in total. The Morgan fingerprint density at radius 3 is 2.30 bits per heavy atom.